The number of hydrogen-bond donors (Lipinski definition) is 0. The average molecular weight is 343 g/mol. The summed E-state index contributed by atoms with van der Waals surface area (Å²) in [5.74, 6) is 0.377. The molecule has 0 aromatic rings. The van der Waals surface area contributed by atoms with Gasteiger partial charge >= 0.3 is 0 Å². The van der Waals surface area contributed by atoms with E-state index in [0.29, 0.717) is 20.7 Å². The molecule has 0 aromatic carbocycles. The molecular formula is C10H10Cl6. The molecule has 1 aliphatic rings. The highest BCUT2D eigenvalue weighted by molar-refractivity contribution is 6.48. The van der Waals surface area contributed by atoms with Gasteiger partial charge in [0.05, 0.1) is 15.8 Å². The molecule has 0 nitrogen and oxygen atoms in total. The fourth-order valence-corrected chi connectivity index (χ4v) is 3.93. The number of halogens is 6. The molecular weight excluding hydrogens is 333 g/mol. The second-order valence-electron chi connectivity index (χ2n) is 4.02. The van der Waals surface area contributed by atoms with Gasteiger partial charge in [0.2, 0.25) is 0 Å². The van der Waals surface area contributed by atoms with E-state index in [2.05, 4.69) is 0 Å². The summed E-state index contributed by atoms with van der Waals surface area (Å²) in [5, 5.41) is 1.16. The Kier molecular flexibility index (Phi) is 4.84. The van der Waals surface area contributed by atoms with Gasteiger partial charge in [0, 0.05) is 26.9 Å². The molecule has 0 radical (unpaired) electrons. The van der Waals surface area contributed by atoms with Crippen LogP contribution in [0.15, 0.2) is 20.7 Å². The molecule has 1 rings (SSSR count). The summed E-state index contributed by atoms with van der Waals surface area (Å²) in [5.41, 5.74) is -0.142. The second kappa shape index (κ2) is 5.07. The highest BCUT2D eigenvalue weighted by atomic mass is 35.5. The third kappa shape index (κ3) is 2.00. The van der Waals surface area contributed by atoms with Gasteiger partial charge in [-0.3, -0.25) is 0 Å². The Morgan fingerprint density at radius 1 is 1.00 bits per heavy atom. The van der Waals surface area contributed by atoms with Gasteiger partial charge in [0.15, 0.2) is 0 Å². The van der Waals surface area contributed by atoms with Gasteiger partial charge in [-0.1, -0.05) is 41.7 Å². The number of rotatable bonds is 2. The van der Waals surface area contributed by atoms with Gasteiger partial charge in [-0.15, -0.1) is 34.8 Å². The predicted molar refractivity (Wildman–Crippen MR) is 75.4 cm³/mol. The molecule has 0 N–H and O–H groups in total. The van der Waals surface area contributed by atoms with Crippen molar-refractivity contribution in [2.75, 3.05) is 11.8 Å². The minimum absolute atomic E-state index is 0.161. The monoisotopic (exact) mass is 340 g/mol. The van der Waals surface area contributed by atoms with E-state index < -0.39 is 10.3 Å². The van der Waals surface area contributed by atoms with Crippen LogP contribution < -0.4 is 0 Å². The molecule has 2 atom stereocenters. The minimum atomic E-state index is -0.907. The van der Waals surface area contributed by atoms with E-state index in [4.69, 9.17) is 69.6 Å². The Bertz CT molecular complexity index is 368. The molecule has 0 saturated carbocycles. The van der Waals surface area contributed by atoms with Crippen LogP contribution in [0.3, 0.4) is 0 Å². The van der Waals surface area contributed by atoms with E-state index >= 15 is 0 Å². The summed E-state index contributed by atoms with van der Waals surface area (Å²) in [6.07, 6.45) is 0. The van der Waals surface area contributed by atoms with Gasteiger partial charge in [-0.2, -0.15) is 0 Å². The van der Waals surface area contributed by atoms with Gasteiger partial charge in [0.25, 0.3) is 0 Å². The summed E-state index contributed by atoms with van der Waals surface area (Å²) in [6, 6.07) is 0. The zero-order valence-corrected chi connectivity index (χ0v) is 13.2. The van der Waals surface area contributed by atoms with E-state index in [0.717, 1.165) is 0 Å². The third-order valence-corrected chi connectivity index (χ3v) is 6.29. The standard InChI is InChI=1S/C10H10Cl6/c1-9(4-12)8(15)6(13)5(3-11)7(14)10(9,2)16/h3-4H2,1-2H3. The molecule has 0 bridgehead atoms. The maximum Gasteiger partial charge on any atom is 0.0890 e. The number of alkyl halides is 3. The highest BCUT2D eigenvalue weighted by Gasteiger charge is 2.52. The molecule has 0 aromatic heterocycles. The van der Waals surface area contributed by atoms with Crippen molar-refractivity contribution in [1.82, 2.24) is 0 Å². The normalized spacial score (nSPS) is 36.0. The zero-order valence-electron chi connectivity index (χ0n) is 8.68. The fourth-order valence-electron chi connectivity index (χ4n) is 1.50. The molecule has 1 aliphatic carbocycles. The maximum absolute atomic E-state index is 6.45. The first kappa shape index (κ1) is 15.3. The van der Waals surface area contributed by atoms with Gasteiger partial charge in [0.1, 0.15) is 0 Å². The summed E-state index contributed by atoms with van der Waals surface area (Å²) in [4.78, 5) is -0.907. The van der Waals surface area contributed by atoms with Gasteiger partial charge in [-0.05, 0) is 6.92 Å². The van der Waals surface area contributed by atoms with E-state index in [-0.39, 0.29) is 11.8 Å². The quantitative estimate of drug-likeness (QED) is 0.568. The highest BCUT2D eigenvalue weighted by Crippen LogP contribution is 2.57. The van der Waals surface area contributed by atoms with Crippen LogP contribution in [-0.4, -0.2) is 16.6 Å². The van der Waals surface area contributed by atoms with Crippen LogP contribution in [0.5, 0.6) is 0 Å². The van der Waals surface area contributed by atoms with Crippen molar-refractivity contribution in [3.05, 3.63) is 20.7 Å². The average Bonchev–Trinajstić information content (AvgIpc) is 2.25. The predicted octanol–water partition coefficient (Wildman–Crippen LogP) is 5.66. The summed E-state index contributed by atoms with van der Waals surface area (Å²) < 4.78 is 0. The van der Waals surface area contributed by atoms with Crippen molar-refractivity contribution < 1.29 is 0 Å². The largest absolute Gasteiger partial charge is 0.126 e. The Labute approximate surface area is 125 Å². The Morgan fingerprint density at radius 2 is 1.50 bits per heavy atom. The lowest BCUT2D eigenvalue weighted by atomic mass is 9.74. The number of allylic oxidation sites excluding steroid dienone is 4. The van der Waals surface area contributed by atoms with Crippen LogP contribution >= 0.6 is 69.6 Å². The van der Waals surface area contributed by atoms with Gasteiger partial charge < -0.3 is 0 Å². The van der Waals surface area contributed by atoms with Crippen LogP contribution in [-0.2, 0) is 0 Å². The van der Waals surface area contributed by atoms with Crippen LogP contribution in [0.2, 0.25) is 0 Å². The lowest BCUT2D eigenvalue weighted by Gasteiger charge is -2.44. The minimum Gasteiger partial charge on any atom is -0.126 e. The molecule has 0 fully saturated rings. The first-order valence-electron chi connectivity index (χ1n) is 4.50. The topological polar surface area (TPSA) is 0 Å². The van der Waals surface area contributed by atoms with Gasteiger partial charge in [-0.25, -0.2) is 0 Å². The van der Waals surface area contributed by atoms with E-state index in [9.17, 15) is 0 Å². The molecule has 2 unspecified atom stereocenters. The fraction of sp³-hybridized carbons (Fsp3) is 0.600. The summed E-state index contributed by atoms with van der Waals surface area (Å²) >= 11 is 36.8. The molecule has 0 amide bonds. The molecule has 0 spiro atoms. The Balaban J connectivity index is 3.51. The smallest absolute Gasteiger partial charge is 0.0890 e. The van der Waals surface area contributed by atoms with Crippen molar-refractivity contribution in [3.63, 3.8) is 0 Å². The van der Waals surface area contributed by atoms with Crippen LogP contribution in [0.4, 0.5) is 0 Å². The Hall–Kier alpha value is 1.22. The lowest BCUT2D eigenvalue weighted by Crippen LogP contribution is -2.44. The van der Waals surface area contributed by atoms with E-state index in [1.165, 1.54) is 0 Å². The van der Waals surface area contributed by atoms with Crippen molar-refractivity contribution in [2.45, 2.75) is 18.7 Å². The second-order valence-corrected chi connectivity index (χ2v) is 6.45. The number of hydrogen-bond acceptors (Lipinski definition) is 0. The van der Waals surface area contributed by atoms with Crippen molar-refractivity contribution in [1.29, 1.82) is 0 Å². The van der Waals surface area contributed by atoms with Crippen molar-refractivity contribution >= 4 is 69.6 Å². The van der Waals surface area contributed by atoms with Crippen molar-refractivity contribution in [2.24, 2.45) is 5.41 Å². The van der Waals surface area contributed by atoms with E-state index in [1.54, 1.807) is 6.92 Å². The van der Waals surface area contributed by atoms with Crippen LogP contribution in [0.25, 0.3) is 0 Å². The molecule has 0 saturated heterocycles. The third-order valence-electron chi connectivity index (χ3n) is 3.06. The first-order chi connectivity index (χ1) is 7.24. The first-order valence-corrected chi connectivity index (χ1v) is 7.08. The Morgan fingerprint density at radius 3 is 1.88 bits per heavy atom. The summed E-state index contributed by atoms with van der Waals surface area (Å²) in [7, 11) is 0. The molecule has 6 heteroatoms. The van der Waals surface area contributed by atoms with Crippen molar-refractivity contribution in [3.8, 4) is 0 Å². The van der Waals surface area contributed by atoms with E-state index in [1.807, 2.05) is 6.92 Å². The molecule has 92 valence electrons. The SMILES string of the molecule is CC1(Cl)C(Cl)=C(CCl)C(Cl)=C(Cl)C1(C)CCl. The zero-order chi connectivity index (χ0) is 12.7. The van der Waals surface area contributed by atoms with Crippen LogP contribution in [0, 0.1) is 5.41 Å². The summed E-state index contributed by atoms with van der Waals surface area (Å²) in [6.45, 7) is 3.59. The van der Waals surface area contributed by atoms with Crippen LogP contribution in [0.1, 0.15) is 13.8 Å². The molecule has 0 heterocycles. The maximum atomic E-state index is 6.45. The lowest BCUT2D eigenvalue weighted by molar-refractivity contribution is 0.380. The molecule has 0 aliphatic heterocycles. The molecule has 16 heavy (non-hydrogen) atoms.